The van der Waals surface area contributed by atoms with E-state index in [1.165, 1.54) is 29.7 Å². The van der Waals surface area contributed by atoms with Crippen molar-refractivity contribution < 1.29 is 5.11 Å². The summed E-state index contributed by atoms with van der Waals surface area (Å²) in [6.45, 7) is 10.1. The first-order valence-corrected chi connectivity index (χ1v) is 8.29. The van der Waals surface area contributed by atoms with Gasteiger partial charge in [-0.3, -0.25) is 0 Å². The van der Waals surface area contributed by atoms with Crippen LogP contribution in [0.25, 0.3) is 0 Å². The number of rotatable bonds is 6. The van der Waals surface area contributed by atoms with E-state index in [2.05, 4.69) is 49.2 Å². The number of aliphatic hydroxyl groups excluding tert-OH is 1. The Balaban J connectivity index is 2.01. The highest BCUT2D eigenvalue weighted by Crippen LogP contribution is 2.26. The Hall–Kier alpha value is -1.06. The summed E-state index contributed by atoms with van der Waals surface area (Å²) in [6.07, 6.45) is 3.43. The van der Waals surface area contributed by atoms with Gasteiger partial charge in [0.15, 0.2) is 0 Å². The number of nitrogens with zero attached hydrogens (tertiary/aromatic N) is 1. The van der Waals surface area contributed by atoms with Gasteiger partial charge in [0.25, 0.3) is 0 Å². The van der Waals surface area contributed by atoms with Gasteiger partial charge in [-0.25, -0.2) is 0 Å². The van der Waals surface area contributed by atoms with Crippen molar-refractivity contribution in [3.05, 3.63) is 29.3 Å². The molecule has 2 N–H and O–H groups in total. The summed E-state index contributed by atoms with van der Waals surface area (Å²) >= 11 is 0. The zero-order valence-electron chi connectivity index (χ0n) is 13.7. The summed E-state index contributed by atoms with van der Waals surface area (Å²) in [4.78, 5) is 2.48. The van der Waals surface area contributed by atoms with Crippen LogP contribution in [0, 0.1) is 12.8 Å². The van der Waals surface area contributed by atoms with Gasteiger partial charge in [-0.05, 0) is 55.4 Å². The smallest absolute Gasteiger partial charge is 0.0434 e. The predicted octanol–water partition coefficient (Wildman–Crippen LogP) is 3.09. The lowest BCUT2D eigenvalue weighted by Crippen LogP contribution is -2.35. The van der Waals surface area contributed by atoms with Gasteiger partial charge in [-0.2, -0.15) is 0 Å². The number of hydrogen-bond donors (Lipinski definition) is 2. The Morgan fingerprint density at radius 1 is 1.38 bits per heavy atom. The van der Waals surface area contributed by atoms with Gasteiger partial charge < -0.3 is 15.3 Å². The molecule has 0 radical (unpaired) electrons. The second-order valence-corrected chi connectivity index (χ2v) is 6.61. The first-order chi connectivity index (χ1) is 10.1. The van der Waals surface area contributed by atoms with Crippen molar-refractivity contribution >= 4 is 5.69 Å². The van der Waals surface area contributed by atoms with Gasteiger partial charge in [-0.1, -0.05) is 19.9 Å². The summed E-state index contributed by atoms with van der Waals surface area (Å²) in [7, 11) is 0. The van der Waals surface area contributed by atoms with Crippen LogP contribution in [0.3, 0.4) is 0 Å². The molecule has 1 aromatic rings. The summed E-state index contributed by atoms with van der Waals surface area (Å²) in [5.74, 6) is 0.645. The minimum Gasteiger partial charge on any atom is -0.396 e. The van der Waals surface area contributed by atoms with Crippen LogP contribution < -0.4 is 10.2 Å². The van der Waals surface area contributed by atoms with E-state index in [0.717, 1.165) is 26.1 Å². The first-order valence-electron chi connectivity index (χ1n) is 8.29. The maximum atomic E-state index is 9.13. The average Bonchev–Trinajstić information content (AvgIpc) is 2.46. The van der Waals surface area contributed by atoms with Crippen LogP contribution >= 0.6 is 0 Å². The van der Waals surface area contributed by atoms with Crippen molar-refractivity contribution in [2.24, 2.45) is 5.92 Å². The topological polar surface area (TPSA) is 35.5 Å². The largest absolute Gasteiger partial charge is 0.396 e. The molecule has 2 rings (SSSR count). The fourth-order valence-electron chi connectivity index (χ4n) is 3.11. The molecule has 0 amide bonds. The quantitative estimate of drug-likeness (QED) is 0.845. The molecule has 0 bridgehead atoms. The summed E-state index contributed by atoms with van der Waals surface area (Å²) in [5, 5.41) is 12.6. The van der Waals surface area contributed by atoms with Crippen molar-refractivity contribution in [2.75, 3.05) is 24.6 Å². The SMILES string of the molecule is Cc1cc(N2CCCC(CCO)C2)ccc1CNC(C)C. The molecule has 0 spiro atoms. The maximum Gasteiger partial charge on any atom is 0.0434 e. The van der Waals surface area contributed by atoms with E-state index in [0.29, 0.717) is 18.6 Å². The number of hydrogen-bond acceptors (Lipinski definition) is 3. The van der Waals surface area contributed by atoms with Crippen molar-refractivity contribution in [1.82, 2.24) is 5.32 Å². The molecule has 1 heterocycles. The van der Waals surface area contributed by atoms with E-state index in [4.69, 9.17) is 5.11 Å². The van der Waals surface area contributed by atoms with Crippen molar-refractivity contribution in [3.63, 3.8) is 0 Å². The standard InChI is InChI=1S/C18H30N2O/c1-14(2)19-12-17-6-7-18(11-15(17)3)20-9-4-5-16(13-20)8-10-21/h6-7,11,14,16,19,21H,4-5,8-10,12-13H2,1-3H3. The number of nitrogens with one attached hydrogen (secondary N) is 1. The zero-order valence-corrected chi connectivity index (χ0v) is 13.7. The van der Waals surface area contributed by atoms with E-state index in [9.17, 15) is 0 Å². The molecular weight excluding hydrogens is 260 g/mol. The highest BCUT2D eigenvalue weighted by Gasteiger charge is 2.20. The predicted molar refractivity (Wildman–Crippen MR) is 89.8 cm³/mol. The van der Waals surface area contributed by atoms with Gasteiger partial charge >= 0.3 is 0 Å². The number of benzene rings is 1. The van der Waals surface area contributed by atoms with Gasteiger partial charge in [0, 0.05) is 38.0 Å². The van der Waals surface area contributed by atoms with Crippen LogP contribution in [-0.4, -0.2) is 30.8 Å². The summed E-state index contributed by atoms with van der Waals surface area (Å²) in [6, 6.07) is 7.35. The van der Waals surface area contributed by atoms with E-state index in [-0.39, 0.29) is 0 Å². The van der Waals surface area contributed by atoms with Crippen LogP contribution in [0.1, 0.15) is 44.2 Å². The monoisotopic (exact) mass is 290 g/mol. The number of anilines is 1. The molecule has 1 aromatic carbocycles. The number of aliphatic hydroxyl groups is 1. The van der Waals surface area contributed by atoms with E-state index in [1.54, 1.807) is 0 Å². The van der Waals surface area contributed by atoms with E-state index >= 15 is 0 Å². The molecule has 1 unspecified atom stereocenters. The molecule has 0 aromatic heterocycles. The number of aryl methyl sites for hydroxylation is 1. The van der Waals surface area contributed by atoms with Gasteiger partial charge in [0.05, 0.1) is 0 Å². The molecule has 21 heavy (non-hydrogen) atoms. The molecule has 1 aliphatic rings. The molecule has 1 fully saturated rings. The highest BCUT2D eigenvalue weighted by molar-refractivity contribution is 5.51. The van der Waals surface area contributed by atoms with Crippen molar-refractivity contribution in [1.29, 1.82) is 0 Å². The van der Waals surface area contributed by atoms with Crippen LogP contribution in [0.4, 0.5) is 5.69 Å². The lowest BCUT2D eigenvalue weighted by molar-refractivity contribution is 0.244. The summed E-state index contributed by atoms with van der Waals surface area (Å²) in [5.41, 5.74) is 4.09. The fraction of sp³-hybridized carbons (Fsp3) is 0.667. The Labute approximate surface area is 129 Å². The minimum absolute atomic E-state index is 0.317. The Kier molecular flexibility index (Phi) is 6.07. The highest BCUT2D eigenvalue weighted by atomic mass is 16.3. The fourth-order valence-corrected chi connectivity index (χ4v) is 3.11. The molecule has 1 saturated heterocycles. The lowest BCUT2D eigenvalue weighted by atomic mass is 9.94. The zero-order chi connectivity index (χ0) is 15.2. The molecule has 0 saturated carbocycles. The van der Waals surface area contributed by atoms with Gasteiger partial charge in [0.1, 0.15) is 0 Å². The van der Waals surface area contributed by atoms with Crippen LogP contribution in [0.15, 0.2) is 18.2 Å². The Morgan fingerprint density at radius 3 is 2.86 bits per heavy atom. The molecule has 1 aliphatic heterocycles. The summed E-state index contributed by atoms with van der Waals surface area (Å²) < 4.78 is 0. The molecule has 3 nitrogen and oxygen atoms in total. The second kappa shape index (κ2) is 7.81. The van der Waals surface area contributed by atoms with Gasteiger partial charge in [-0.15, -0.1) is 0 Å². The Bertz CT molecular complexity index is 443. The second-order valence-electron chi connectivity index (χ2n) is 6.61. The third-order valence-corrected chi connectivity index (χ3v) is 4.45. The Morgan fingerprint density at radius 2 is 2.19 bits per heavy atom. The van der Waals surface area contributed by atoms with Gasteiger partial charge in [0.2, 0.25) is 0 Å². The minimum atomic E-state index is 0.317. The number of piperidine rings is 1. The third kappa shape index (κ3) is 4.72. The van der Waals surface area contributed by atoms with Crippen molar-refractivity contribution in [3.8, 4) is 0 Å². The maximum absolute atomic E-state index is 9.13. The molecule has 1 atom stereocenters. The molecule has 118 valence electrons. The van der Waals surface area contributed by atoms with E-state index in [1.807, 2.05) is 0 Å². The van der Waals surface area contributed by atoms with E-state index < -0.39 is 0 Å². The van der Waals surface area contributed by atoms with Crippen LogP contribution in [-0.2, 0) is 6.54 Å². The molecular formula is C18H30N2O. The lowest BCUT2D eigenvalue weighted by Gasteiger charge is -2.34. The van der Waals surface area contributed by atoms with Crippen LogP contribution in [0.5, 0.6) is 0 Å². The van der Waals surface area contributed by atoms with Crippen molar-refractivity contribution in [2.45, 2.75) is 52.6 Å². The third-order valence-electron chi connectivity index (χ3n) is 4.45. The molecule has 3 heteroatoms. The average molecular weight is 290 g/mol. The first kappa shape index (κ1) is 16.3. The van der Waals surface area contributed by atoms with Crippen LogP contribution in [0.2, 0.25) is 0 Å². The normalized spacial score (nSPS) is 19.3. The molecule has 0 aliphatic carbocycles.